The van der Waals surface area contributed by atoms with Crippen molar-refractivity contribution in [2.45, 2.75) is 19.4 Å². The molecule has 1 aromatic rings. The zero-order chi connectivity index (χ0) is 12.6. The zero-order valence-electron chi connectivity index (χ0n) is 10.2. The number of nitrogens with zero attached hydrogens (tertiary/aromatic N) is 1. The first-order chi connectivity index (χ1) is 7.91. The van der Waals surface area contributed by atoms with Gasteiger partial charge >= 0.3 is 0 Å². The van der Waals surface area contributed by atoms with Gasteiger partial charge in [0.1, 0.15) is 0 Å². The molecule has 5 heteroatoms. The maximum absolute atomic E-state index is 11.5. The highest BCUT2D eigenvalue weighted by Gasteiger charge is 2.31. The quantitative estimate of drug-likeness (QED) is 0.806. The van der Waals surface area contributed by atoms with Gasteiger partial charge in [-0.2, -0.15) is 0 Å². The molecule has 0 amide bonds. The molecule has 0 saturated carbocycles. The second-order valence-corrected chi connectivity index (χ2v) is 6.91. The Bertz CT molecular complexity index is 505. The Kier molecular flexibility index (Phi) is 3.03. The first-order valence-corrected chi connectivity index (χ1v) is 7.51. The molecule has 0 bridgehead atoms. The third-order valence-corrected chi connectivity index (χ3v) is 5.13. The van der Waals surface area contributed by atoms with Crippen LogP contribution in [0.4, 0.5) is 11.4 Å². The van der Waals surface area contributed by atoms with Crippen LogP contribution in [0.1, 0.15) is 12.0 Å². The lowest BCUT2D eigenvalue weighted by molar-refractivity contribution is 0.601. The van der Waals surface area contributed by atoms with E-state index < -0.39 is 9.84 Å². The van der Waals surface area contributed by atoms with E-state index in [-0.39, 0.29) is 17.5 Å². The minimum atomic E-state index is -2.86. The van der Waals surface area contributed by atoms with Crippen molar-refractivity contribution in [1.82, 2.24) is 0 Å². The monoisotopic (exact) mass is 254 g/mol. The smallest absolute Gasteiger partial charge is 0.152 e. The van der Waals surface area contributed by atoms with Gasteiger partial charge in [0.25, 0.3) is 0 Å². The Hall–Kier alpha value is -1.23. The zero-order valence-corrected chi connectivity index (χ0v) is 11.0. The average Bonchev–Trinajstić information content (AvgIpc) is 2.58. The summed E-state index contributed by atoms with van der Waals surface area (Å²) in [6.07, 6.45) is 0.687. The molecule has 0 aliphatic carbocycles. The normalized spacial score (nSPS) is 22.6. The number of nitrogen functional groups attached to an aromatic ring is 1. The highest BCUT2D eigenvalue weighted by atomic mass is 32.2. The SMILES string of the molecule is Cc1cccc(N)c1N(C)C1CCS(=O)(=O)C1. The number of nitrogens with two attached hydrogens (primary N) is 1. The molecule has 4 nitrogen and oxygen atoms in total. The predicted molar refractivity (Wildman–Crippen MR) is 71.1 cm³/mol. The molecule has 1 unspecified atom stereocenters. The van der Waals surface area contributed by atoms with E-state index in [1.807, 2.05) is 37.1 Å². The summed E-state index contributed by atoms with van der Waals surface area (Å²) in [5, 5.41) is 0. The van der Waals surface area contributed by atoms with E-state index in [0.717, 1.165) is 11.3 Å². The van der Waals surface area contributed by atoms with Gasteiger partial charge in [0.15, 0.2) is 9.84 Å². The van der Waals surface area contributed by atoms with Crippen LogP contribution in [0.15, 0.2) is 18.2 Å². The minimum absolute atomic E-state index is 0.0448. The van der Waals surface area contributed by atoms with Crippen molar-refractivity contribution in [3.63, 3.8) is 0 Å². The van der Waals surface area contributed by atoms with Crippen molar-refractivity contribution >= 4 is 21.2 Å². The van der Waals surface area contributed by atoms with Gasteiger partial charge in [0, 0.05) is 13.1 Å². The van der Waals surface area contributed by atoms with Gasteiger partial charge in [-0.05, 0) is 25.0 Å². The molecule has 1 fully saturated rings. The number of benzene rings is 1. The maximum Gasteiger partial charge on any atom is 0.152 e. The molecule has 2 rings (SSSR count). The van der Waals surface area contributed by atoms with Gasteiger partial charge in [-0.1, -0.05) is 12.1 Å². The van der Waals surface area contributed by atoms with Gasteiger partial charge < -0.3 is 10.6 Å². The van der Waals surface area contributed by atoms with E-state index >= 15 is 0 Å². The highest BCUT2D eigenvalue weighted by molar-refractivity contribution is 7.91. The number of para-hydroxylation sites is 1. The third kappa shape index (κ3) is 2.39. The molecule has 1 aliphatic rings. The predicted octanol–water partition coefficient (Wildman–Crippen LogP) is 1.20. The van der Waals surface area contributed by atoms with E-state index in [2.05, 4.69) is 0 Å². The van der Waals surface area contributed by atoms with E-state index in [1.54, 1.807) is 0 Å². The third-order valence-electron chi connectivity index (χ3n) is 3.38. The summed E-state index contributed by atoms with van der Waals surface area (Å²) in [5.41, 5.74) is 8.71. The summed E-state index contributed by atoms with van der Waals surface area (Å²) < 4.78 is 23.0. The summed E-state index contributed by atoms with van der Waals surface area (Å²) in [5.74, 6) is 0.519. The van der Waals surface area contributed by atoms with E-state index in [4.69, 9.17) is 5.73 Å². The molecule has 1 heterocycles. The second-order valence-electron chi connectivity index (χ2n) is 4.68. The standard InChI is InChI=1S/C12H18N2O2S/c1-9-4-3-5-11(13)12(9)14(2)10-6-7-17(15,16)8-10/h3-5,10H,6-8,13H2,1-2H3. The van der Waals surface area contributed by atoms with Crippen LogP contribution in [0, 0.1) is 6.92 Å². The van der Waals surface area contributed by atoms with Crippen LogP contribution in [0.5, 0.6) is 0 Å². The Labute approximate surface area is 102 Å². The molecule has 17 heavy (non-hydrogen) atoms. The van der Waals surface area contributed by atoms with Crippen molar-refractivity contribution in [3.05, 3.63) is 23.8 Å². The topological polar surface area (TPSA) is 63.4 Å². The highest BCUT2D eigenvalue weighted by Crippen LogP contribution is 2.30. The summed E-state index contributed by atoms with van der Waals surface area (Å²) >= 11 is 0. The fourth-order valence-electron chi connectivity index (χ4n) is 2.43. The van der Waals surface area contributed by atoms with Crippen LogP contribution in [-0.4, -0.2) is 33.0 Å². The average molecular weight is 254 g/mol. The van der Waals surface area contributed by atoms with Crippen molar-refractivity contribution in [3.8, 4) is 0 Å². The Morgan fingerprint density at radius 2 is 2.12 bits per heavy atom. The molecule has 1 saturated heterocycles. The Morgan fingerprint density at radius 1 is 1.41 bits per heavy atom. The molecule has 0 aromatic heterocycles. The van der Waals surface area contributed by atoms with Gasteiger partial charge in [-0.3, -0.25) is 0 Å². The lowest BCUT2D eigenvalue weighted by Crippen LogP contribution is -2.33. The lowest BCUT2D eigenvalue weighted by Gasteiger charge is -2.28. The van der Waals surface area contributed by atoms with Gasteiger partial charge in [0.2, 0.25) is 0 Å². The summed E-state index contributed by atoms with van der Waals surface area (Å²) in [7, 11) is -0.936. The molecule has 1 aromatic carbocycles. The van der Waals surface area contributed by atoms with Crippen LogP contribution in [0.2, 0.25) is 0 Å². The Morgan fingerprint density at radius 3 is 2.65 bits per heavy atom. The summed E-state index contributed by atoms with van der Waals surface area (Å²) in [4.78, 5) is 2.01. The molecule has 1 aliphatic heterocycles. The van der Waals surface area contributed by atoms with Gasteiger partial charge in [-0.15, -0.1) is 0 Å². The number of hydrogen-bond acceptors (Lipinski definition) is 4. The number of anilines is 2. The number of rotatable bonds is 2. The van der Waals surface area contributed by atoms with Gasteiger partial charge in [0.05, 0.1) is 22.9 Å². The molecule has 2 N–H and O–H groups in total. The van der Waals surface area contributed by atoms with E-state index in [0.29, 0.717) is 12.1 Å². The largest absolute Gasteiger partial charge is 0.397 e. The molecular weight excluding hydrogens is 236 g/mol. The minimum Gasteiger partial charge on any atom is -0.397 e. The van der Waals surface area contributed by atoms with Crippen LogP contribution in [0.3, 0.4) is 0 Å². The van der Waals surface area contributed by atoms with Crippen molar-refractivity contribution in [2.75, 3.05) is 29.2 Å². The van der Waals surface area contributed by atoms with E-state index in [9.17, 15) is 8.42 Å². The molecule has 0 spiro atoms. The fraction of sp³-hybridized carbons (Fsp3) is 0.500. The number of hydrogen-bond donors (Lipinski definition) is 1. The van der Waals surface area contributed by atoms with Gasteiger partial charge in [-0.25, -0.2) is 8.42 Å². The number of sulfone groups is 1. The van der Waals surface area contributed by atoms with Crippen molar-refractivity contribution in [2.24, 2.45) is 0 Å². The molecule has 1 atom stereocenters. The van der Waals surface area contributed by atoms with E-state index in [1.165, 1.54) is 0 Å². The Balaban J connectivity index is 2.29. The van der Waals surface area contributed by atoms with Crippen LogP contribution in [0.25, 0.3) is 0 Å². The molecular formula is C12H18N2O2S. The fourth-order valence-corrected chi connectivity index (χ4v) is 4.20. The van der Waals surface area contributed by atoms with Crippen molar-refractivity contribution < 1.29 is 8.42 Å². The molecule has 94 valence electrons. The molecule has 0 radical (unpaired) electrons. The maximum atomic E-state index is 11.5. The second kappa shape index (κ2) is 4.22. The summed E-state index contributed by atoms with van der Waals surface area (Å²) in [6.45, 7) is 1.99. The first kappa shape index (κ1) is 12.2. The van der Waals surface area contributed by atoms with Crippen LogP contribution < -0.4 is 10.6 Å². The van der Waals surface area contributed by atoms with Crippen LogP contribution >= 0.6 is 0 Å². The first-order valence-electron chi connectivity index (χ1n) is 5.69. The number of aryl methyl sites for hydroxylation is 1. The lowest BCUT2D eigenvalue weighted by atomic mass is 10.1. The van der Waals surface area contributed by atoms with Crippen molar-refractivity contribution in [1.29, 1.82) is 0 Å². The van der Waals surface area contributed by atoms with Crippen LogP contribution in [-0.2, 0) is 9.84 Å². The summed E-state index contributed by atoms with van der Waals surface area (Å²) in [6, 6.07) is 5.80.